The molecule has 268 valence electrons. The van der Waals surface area contributed by atoms with Gasteiger partial charge < -0.3 is 4.90 Å². The normalized spacial score (nSPS) is 11.8. The van der Waals surface area contributed by atoms with Crippen LogP contribution < -0.4 is 10.1 Å². The summed E-state index contributed by atoms with van der Waals surface area (Å²) >= 11 is 1.89. The van der Waals surface area contributed by atoms with Crippen LogP contribution in [-0.4, -0.2) is 8.07 Å². The largest absolute Gasteiger partial charge is 0.309 e. The Morgan fingerprint density at radius 3 is 1.77 bits per heavy atom. The Labute approximate surface area is 333 Å². The maximum Gasteiger partial charge on any atom is 0.0775 e. The Bertz CT molecular complexity index is 3040. The quantitative estimate of drug-likeness (QED) is 0.147. The molecule has 1 nitrogen and oxygen atoms in total. The molecule has 0 unspecified atom stereocenters. The molecule has 0 saturated heterocycles. The van der Waals surface area contributed by atoms with Gasteiger partial charge >= 0.3 is 0 Å². The fourth-order valence-electron chi connectivity index (χ4n) is 8.37. The number of rotatable bonds is 7. The van der Waals surface area contributed by atoms with Crippen molar-refractivity contribution in [2.24, 2.45) is 0 Å². The summed E-state index contributed by atoms with van der Waals surface area (Å²) in [7, 11) is -1.38. The molecular formula is C53H41NSSi. The first-order valence-electron chi connectivity index (χ1n) is 19.4. The van der Waals surface area contributed by atoms with Crippen LogP contribution in [0.1, 0.15) is 0 Å². The molecule has 10 aromatic rings. The number of hydrogen-bond acceptors (Lipinski definition) is 2. The van der Waals surface area contributed by atoms with Crippen LogP contribution in [-0.2, 0) is 0 Å². The summed E-state index contributed by atoms with van der Waals surface area (Å²) in [6, 6.07) is 71.8. The van der Waals surface area contributed by atoms with E-state index in [0.717, 1.165) is 11.4 Å². The molecule has 0 fully saturated rings. The molecule has 0 spiro atoms. The molecule has 3 heteroatoms. The molecule has 0 N–H and O–H groups in total. The summed E-state index contributed by atoms with van der Waals surface area (Å²) in [5, 5.41) is 9.19. The van der Waals surface area contributed by atoms with Gasteiger partial charge in [-0.1, -0.05) is 183 Å². The summed E-state index contributed by atoms with van der Waals surface area (Å²) in [5.74, 6) is 0. The predicted molar refractivity (Wildman–Crippen MR) is 248 cm³/mol. The highest BCUT2D eigenvalue weighted by Gasteiger charge is 2.21. The van der Waals surface area contributed by atoms with Crippen LogP contribution in [0.3, 0.4) is 0 Å². The number of anilines is 3. The van der Waals surface area contributed by atoms with Gasteiger partial charge in [0, 0.05) is 26.8 Å². The van der Waals surface area contributed by atoms with E-state index in [1.165, 1.54) is 86.0 Å². The van der Waals surface area contributed by atoms with E-state index >= 15 is 0 Å². The van der Waals surface area contributed by atoms with Crippen LogP contribution in [0.25, 0.3) is 75.1 Å². The minimum absolute atomic E-state index is 1.12. The third kappa shape index (κ3) is 6.01. The lowest BCUT2D eigenvalue weighted by Crippen LogP contribution is -2.37. The zero-order valence-electron chi connectivity index (χ0n) is 31.8. The lowest BCUT2D eigenvalue weighted by Gasteiger charge is -2.27. The molecule has 0 radical (unpaired) electrons. The van der Waals surface area contributed by atoms with E-state index in [1.54, 1.807) is 0 Å². The highest BCUT2D eigenvalue weighted by Crippen LogP contribution is 2.47. The van der Waals surface area contributed by atoms with Gasteiger partial charge in [-0.3, -0.25) is 0 Å². The SMILES string of the molecule is C[Si](C)(C)c1ccc(-c2ccc(N(c3cccc(-c4cccc5cccc(-c6ccccc6)c45)c3)c3cccc4c3sc3ccc5ccccc5c34)cc2)cc1. The van der Waals surface area contributed by atoms with Gasteiger partial charge in [-0.2, -0.15) is 0 Å². The van der Waals surface area contributed by atoms with Gasteiger partial charge in [-0.05, 0) is 91.3 Å². The Kier molecular flexibility index (Phi) is 8.43. The van der Waals surface area contributed by atoms with Gasteiger partial charge in [-0.25, -0.2) is 0 Å². The van der Waals surface area contributed by atoms with E-state index in [1.807, 2.05) is 11.3 Å². The first kappa shape index (κ1) is 34.2. The van der Waals surface area contributed by atoms with E-state index in [0.29, 0.717) is 0 Å². The molecule has 0 saturated carbocycles. The molecule has 0 amide bonds. The number of fused-ring (bicyclic) bond motifs is 6. The topological polar surface area (TPSA) is 3.24 Å². The highest BCUT2D eigenvalue weighted by molar-refractivity contribution is 7.26. The second-order valence-corrected chi connectivity index (χ2v) is 21.9. The van der Waals surface area contributed by atoms with E-state index in [2.05, 4.69) is 219 Å². The molecule has 0 atom stereocenters. The van der Waals surface area contributed by atoms with Gasteiger partial charge in [0.2, 0.25) is 0 Å². The van der Waals surface area contributed by atoms with Gasteiger partial charge in [-0.15, -0.1) is 11.3 Å². The number of benzene rings is 9. The molecule has 0 aliphatic rings. The third-order valence-electron chi connectivity index (χ3n) is 11.2. The average molecular weight is 752 g/mol. The van der Waals surface area contributed by atoms with Gasteiger partial charge in [0.15, 0.2) is 0 Å². The Balaban J connectivity index is 1.16. The summed E-state index contributed by atoms with van der Waals surface area (Å²) in [6.07, 6.45) is 0. The molecule has 0 bridgehead atoms. The van der Waals surface area contributed by atoms with Crippen molar-refractivity contribution in [2.75, 3.05) is 4.90 Å². The monoisotopic (exact) mass is 751 g/mol. The van der Waals surface area contributed by atoms with Gasteiger partial charge in [0.05, 0.1) is 18.5 Å². The van der Waals surface area contributed by atoms with Crippen LogP contribution in [0.5, 0.6) is 0 Å². The van der Waals surface area contributed by atoms with Crippen molar-refractivity contribution in [3.05, 3.63) is 194 Å². The minimum Gasteiger partial charge on any atom is -0.309 e. The molecule has 1 heterocycles. The molecule has 0 aliphatic carbocycles. The summed E-state index contributed by atoms with van der Waals surface area (Å²) in [5.41, 5.74) is 10.8. The minimum atomic E-state index is -1.38. The second-order valence-electron chi connectivity index (χ2n) is 15.8. The first-order valence-corrected chi connectivity index (χ1v) is 23.7. The lowest BCUT2D eigenvalue weighted by atomic mass is 9.91. The van der Waals surface area contributed by atoms with Crippen molar-refractivity contribution in [3.8, 4) is 33.4 Å². The van der Waals surface area contributed by atoms with Crippen molar-refractivity contribution in [1.29, 1.82) is 0 Å². The van der Waals surface area contributed by atoms with Crippen LogP contribution >= 0.6 is 11.3 Å². The maximum absolute atomic E-state index is 2.46. The van der Waals surface area contributed by atoms with Crippen molar-refractivity contribution in [1.82, 2.24) is 0 Å². The van der Waals surface area contributed by atoms with Crippen LogP contribution in [0.2, 0.25) is 19.6 Å². The number of hydrogen-bond donors (Lipinski definition) is 0. The van der Waals surface area contributed by atoms with Crippen molar-refractivity contribution >= 4 is 83.4 Å². The average Bonchev–Trinajstić information content (AvgIpc) is 3.64. The summed E-state index contributed by atoms with van der Waals surface area (Å²) < 4.78 is 2.59. The zero-order chi connectivity index (χ0) is 37.8. The van der Waals surface area contributed by atoms with Gasteiger partial charge in [0.25, 0.3) is 0 Å². The fraction of sp³-hybridized carbons (Fsp3) is 0.0566. The number of nitrogens with zero attached hydrogens (tertiary/aromatic N) is 1. The summed E-state index contributed by atoms with van der Waals surface area (Å²) in [6.45, 7) is 7.22. The number of thiophene rings is 1. The van der Waals surface area contributed by atoms with E-state index < -0.39 is 8.07 Å². The fourth-order valence-corrected chi connectivity index (χ4v) is 10.8. The Morgan fingerprint density at radius 1 is 0.411 bits per heavy atom. The van der Waals surface area contributed by atoms with E-state index in [-0.39, 0.29) is 0 Å². The zero-order valence-corrected chi connectivity index (χ0v) is 33.6. The Hall–Kier alpha value is -6.26. The molecule has 56 heavy (non-hydrogen) atoms. The van der Waals surface area contributed by atoms with Crippen molar-refractivity contribution in [2.45, 2.75) is 19.6 Å². The van der Waals surface area contributed by atoms with Crippen molar-refractivity contribution < 1.29 is 0 Å². The lowest BCUT2D eigenvalue weighted by molar-refractivity contribution is 1.30. The molecule has 10 rings (SSSR count). The van der Waals surface area contributed by atoms with Gasteiger partial charge in [0.1, 0.15) is 0 Å². The van der Waals surface area contributed by atoms with Crippen molar-refractivity contribution in [3.63, 3.8) is 0 Å². The maximum atomic E-state index is 2.46. The predicted octanol–water partition coefficient (Wildman–Crippen LogP) is 15.4. The van der Waals surface area contributed by atoms with Crippen LogP contribution in [0, 0.1) is 0 Å². The molecule has 0 aliphatic heterocycles. The van der Waals surface area contributed by atoms with Crippen LogP contribution in [0.15, 0.2) is 194 Å². The molecular weight excluding hydrogens is 711 g/mol. The van der Waals surface area contributed by atoms with Crippen LogP contribution in [0.4, 0.5) is 17.1 Å². The highest BCUT2D eigenvalue weighted by atomic mass is 32.1. The molecule has 9 aromatic carbocycles. The summed E-state index contributed by atoms with van der Waals surface area (Å²) in [4.78, 5) is 2.46. The third-order valence-corrected chi connectivity index (χ3v) is 14.5. The molecule has 1 aromatic heterocycles. The van der Waals surface area contributed by atoms with E-state index in [9.17, 15) is 0 Å². The first-order chi connectivity index (χ1) is 27.4. The van der Waals surface area contributed by atoms with E-state index in [4.69, 9.17) is 0 Å². The Morgan fingerprint density at radius 2 is 1.02 bits per heavy atom. The second kappa shape index (κ2) is 13.8. The standard InChI is InChI=1S/C53H41NSSi/c1-56(2,3)44-32-27-37(28-33-44)36-25-30-42(31-26-36)54(49-24-12-23-48-52-46-20-8-7-15-39(46)29-34-50(52)55-53(48)49)43-19-9-18-41(35-43)47-22-11-17-40-16-10-21-45(51(40)47)38-13-5-4-6-14-38/h4-35H,1-3H3. The smallest absolute Gasteiger partial charge is 0.0775 e.